The fourth-order valence-corrected chi connectivity index (χ4v) is 2.79. The van der Waals surface area contributed by atoms with Crippen molar-refractivity contribution in [2.75, 3.05) is 50.7 Å². The Morgan fingerprint density at radius 2 is 1.79 bits per heavy atom. The van der Waals surface area contributed by atoms with E-state index >= 15 is 0 Å². The summed E-state index contributed by atoms with van der Waals surface area (Å²) in [5.41, 5.74) is 0.259. The summed E-state index contributed by atoms with van der Waals surface area (Å²) in [7, 11) is 1.51. The number of rotatable bonds is 13. The molecule has 0 aliphatic rings. The first kappa shape index (κ1) is 25.4. The number of nitrogens with zero attached hydrogens (tertiary/aromatic N) is 1. The van der Waals surface area contributed by atoms with Crippen molar-refractivity contribution in [2.45, 2.75) is 13.8 Å². The van der Waals surface area contributed by atoms with Gasteiger partial charge in [0.25, 0.3) is 11.6 Å². The van der Waals surface area contributed by atoms with E-state index in [1.807, 2.05) is 6.92 Å². The van der Waals surface area contributed by atoms with Crippen LogP contribution in [0.25, 0.3) is 0 Å². The number of amides is 1. The molecule has 2 rings (SSSR count). The lowest BCUT2D eigenvalue weighted by molar-refractivity contribution is -0.384. The van der Waals surface area contributed by atoms with Crippen LogP contribution in [-0.4, -0.2) is 56.9 Å². The molecular formula is C22H27N3O8. The fourth-order valence-electron chi connectivity index (χ4n) is 2.79. The molecule has 2 aromatic rings. The normalized spacial score (nSPS) is 10.3. The number of anilines is 2. The van der Waals surface area contributed by atoms with E-state index in [2.05, 4.69) is 10.6 Å². The van der Waals surface area contributed by atoms with Crippen LogP contribution in [0.1, 0.15) is 24.2 Å². The minimum absolute atomic E-state index is 0.0554. The minimum Gasteiger partial charge on any atom is -0.494 e. The number of hydrogen-bond donors (Lipinski definition) is 2. The molecule has 0 aromatic heterocycles. The van der Waals surface area contributed by atoms with E-state index in [9.17, 15) is 19.7 Å². The molecule has 11 heteroatoms. The van der Waals surface area contributed by atoms with Gasteiger partial charge in [-0.3, -0.25) is 14.9 Å². The predicted octanol–water partition coefficient (Wildman–Crippen LogP) is 3.25. The van der Waals surface area contributed by atoms with Crippen LogP contribution >= 0.6 is 0 Å². The summed E-state index contributed by atoms with van der Waals surface area (Å²) in [6.07, 6.45) is 0. The Kier molecular flexibility index (Phi) is 9.90. The quantitative estimate of drug-likeness (QED) is 0.199. The van der Waals surface area contributed by atoms with Crippen molar-refractivity contribution in [3.8, 4) is 11.5 Å². The molecule has 2 aromatic carbocycles. The third-order valence-electron chi connectivity index (χ3n) is 4.22. The number of carbonyl (C=O) groups excluding carboxylic acids is 2. The standard InChI is InChI=1S/C22H27N3O8/c1-4-31-16-7-9-20(32-5-2)18(13-16)24-21(26)14-33-22(27)15-6-8-17(23-10-11-30-3)19(12-15)25(28)29/h6-9,12-13,23H,4-5,10-11,14H2,1-3H3,(H,24,26). The molecule has 0 aliphatic carbocycles. The van der Waals surface area contributed by atoms with Gasteiger partial charge in [-0.05, 0) is 38.1 Å². The SMILES string of the molecule is CCOc1ccc(OCC)c(NC(=O)COC(=O)c2ccc(NCCOC)c([N+](=O)[O-])c2)c1. The fraction of sp³-hybridized carbons (Fsp3) is 0.364. The van der Waals surface area contributed by atoms with E-state index in [1.165, 1.54) is 19.2 Å². The van der Waals surface area contributed by atoms with Gasteiger partial charge in [0.1, 0.15) is 17.2 Å². The highest BCUT2D eigenvalue weighted by Gasteiger charge is 2.19. The van der Waals surface area contributed by atoms with E-state index in [0.717, 1.165) is 6.07 Å². The monoisotopic (exact) mass is 461 g/mol. The summed E-state index contributed by atoms with van der Waals surface area (Å²) < 4.78 is 20.9. The summed E-state index contributed by atoms with van der Waals surface area (Å²) >= 11 is 0. The van der Waals surface area contributed by atoms with Crippen LogP contribution in [0.3, 0.4) is 0 Å². The molecule has 11 nitrogen and oxygen atoms in total. The maximum atomic E-state index is 12.3. The zero-order valence-corrected chi connectivity index (χ0v) is 18.7. The van der Waals surface area contributed by atoms with Crippen LogP contribution in [0.2, 0.25) is 0 Å². The highest BCUT2D eigenvalue weighted by molar-refractivity contribution is 5.97. The van der Waals surface area contributed by atoms with Gasteiger partial charge in [0, 0.05) is 25.8 Å². The maximum absolute atomic E-state index is 12.3. The molecule has 0 aliphatic heterocycles. The lowest BCUT2D eigenvalue weighted by atomic mass is 10.1. The number of benzene rings is 2. The summed E-state index contributed by atoms with van der Waals surface area (Å²) in [5, 5.41) is 16.8. The molecule has 0 spiro atoms. The lowest BCUT2D eigenvalue weighted by Crippen LogP contribution is -2.21. The van der Waals surface area contributed by atoms with Gasteiger partial charge in [-0.2, -0.15) is 0 Å². The number of ether oxygens (including phenoxy) is 4. The first-order valence-corrected chi connectivity index (χ1v) is 10.3. The van der Waals surface area contributed by atoms with Gasteiger partial charge in [-0.1, -0.05) is 0 Å². The molecule has 0 bridgehead atoms. The Balaban J connectivity index is 2.04. The summed E-state index contributed by atoms with van der Waals surface area (Å²) in [4.78, 5) is 35.4. The second-order valence-corrected chi connectivity index (χ2v) is 6.56. The molecule has 0 saturated heterocycles. The second kappa shape index (κ2) is 12.9. The summed E-state index contributed by atoms with van der Waals surface area (Å²) in [6, 6.07) is 8.85. The van der Waals surface area contributed by atoms with Crippen LogP contribution in [0, 0.1) is 10.1 Å². The Bertz CT molecular complexity index is 980. The third kappa shape index (κ3) is 7.65. The molecular weight excluding hydrogens is 434 g/mol. The van der Waals surface area contributed by atoms with Crippen LogP contribution < -0.4 is 20.1 Å². The highest BCUT2D eigenvalue weighted by atomic mass is 16.6. The van der Waals surface area contributed by atoms with Crippen LogP contribution in [0.15, 0.2) is 36.4 Å². The van der Waals surface area contributed by atoms with Gasteiger partial charge >= 0.3 is 5.97 Å². The summed E-state index contributed by atoms with van der Waals surface area (Å²) in [5.74, 6) is -0.498. The largest absolute Gasteiger partial charge is 0.494 e. The van der Waals surface area contributed by atoms with E-state index in [4.69, 9.17) is 18.9 Å². The zero-order chi connectivity index (χ0) is 24.2. The molecule has 2 N–H and O–H groups in total. The van der Waals surface area contributed by atoms with Crippen molar-refractivity contribution in [1.82, 2.24) is 0 Å². The third-order valence-corrected chi connectivity index (χ3v) is 4.22. The van der Waals surface area contributed by atoms with Crippen molar-refractivity contribution in [2.24, 2.45) is 0 Å². The van der Waals surface area contributed by atoms with Crippen molar-refractivity contribution < 1.29 is 33.5 Å². The topological polar surface area (TPSA) is 138 Å². The van der Waals surface area contributed by atoms with Crippen molar-refractivity contribution in [1.29, 1.82) is 0 Å². The second-order valence-electron chi connectivity index (χ2n) is 6.56. The number of nitro groups is 1. The number of methoxy groups -OCH3 is 1. The molecule has 1 amide bonds. The lowest BCUT2D eigenvalue weighted by Gasteiger charge is -2.13. The smallest absolute Gasteiger partial charge is 0.338 e. The molecule has 33 heavy (non-hydrogen) atoms. The number of carbonyl (C=O) groups is 2. The van der Waals surface area contributed by atoms with Crippen LogP contribution in [0.4, 0.5) is 17.1 Å². The molecule has 0 heterocycles. The van der Waals surface area contributed by atoms with Crippen molar-refractivity contribution >= 4 is 28.9 Å². The zero-order valence-electron chi connectivity index (χ0n) is 18.7. The van der Waals surface area contributed by atoms with E-state index in [1.54, 1.807) is 25.1 Å². The Labute approximate surface area is 191 Å². The number of esters is 1. The first-order valence-electron chi connectivity index (χ1n) is 10.3. The number of nitro benzene ring substituents is 1. The van der Waals surface area contributed by atoms with E-state index < -0.39 is 23.4 Å². The first-order chi connectivity index (χ1) is 15.9. The van der Waals surface area contributed by atoms with Crippen molar-refractivity contribution in [3.05, 3.63) is 52.1 Å². The molecule has 0 atom stereocenters. The molecule has 0 fully saturated rings. The maximum Gasteiger partial charge on any atom is 0.338 e. The highest BCUT2D eigenvalue weighted by Crippen LogP contribution is 2.29. The molecule has 178 valence electrons. The number of hydrogen-bond acceptors (Lipinski definition) is 9. The molecule has 0 radical (unpaired) electrons. The van der Waals surface area contributed by atoms with Gasteiger partial charge in [0.05, 0.1) is 36.0 Å². The van der Waals surface area contributed by atoms with E-state index in [0.29, 0.717) is 43.6 Å². The van der Waals surface area contributed by atoms with Crippen LogP contribution in [-0.2, 0) is 14.3 Å². The summed E-state index contributed by atoms with van der Waals surface area (Å²) in [6.45, 7) is 4.60. The van der Waals surface area contributed by atoms with Gasteiger partial charge in [-0.15, -0.1) is 0 Å². The molecule has 0 saturated carbocycles. The molecule has 0 unspecified atom stereocenters. The van der Waals surface area contributed by atoms with Gasteiger partial charge in [-0.25, -0.2) is 4.79 Å². The van der Waals surface area contributed by atoms with Gasteiger partial charge in [0.15, 0.2) is 6.61 Å². The minimum atomic E-state index is -0.871. The average Bonchev–Trinajstić information content (AvgIpc) is 2.79. The number of nitrogens with one attached hydrogen (secondary N) is 2. The van der Waals surface area contributed by atoms with E-state index in [-0.39, 0.29) is 16.9 Å². The van der Waals surface area contributed by atoms with Crippen molar-refractivity contribution in [3.63, 3.8) is 0 Å². The predicted molar refractivity (Wildman–Crippen MR) is 121 cm³/mol. The van der Waals surface area contributed by atoms with Crippen LogP contribution in [0.5, 0.6) is 11.5 Å². The van der Waals surface area contributed by atoms with Gasteiger partial charge < -0.3 is 29.6 Å². The van der Waals surface area contributed by atoms with Gasteiger partial charge in [0.2, 0.25) is 0 Å². The Morgan fingerprint density at radius 3 is 2.45 bits per heavy atom. The Morgan fingerprint density at radius 1 is 1.03 bits per heavy atom. The average molecular weight is 461 g/mol. The Hall–Kier alpha value is -3.86.